The Balaban J connectivity index is 3.31. The van der Waals surface area contributed by atoms with Crippen LogP contribution in [0, 0.1) is 0 Å². The Hall–Kier alpha value is -0.750. The minimum Gasteiger partial charge on any atom is -0.396 e. The molecule has 0 saturated heterocycles. The Bertz CT molecular complexity index is 187. The fraction of sp³-hybridized carbons (Fsp3) is 0.750. The first-order valence-corrected chi connectivity index (χ1v) is 5.56. The molecule has 0 unspecified atom stereocenters. The van der Waals surface area contributed by atoms with Crippen LogP contribution in [0.15, 0.2) is 0 Å². The van der Waals surface area contributed by atoms with E-state index in [1.165, 1.54) is 7.05 Å². The second-order valence-corrected chi connectivity index (χ2v) is 3.79. The maximum Gasteiger partial charge on any atom is 0.321 e. The number of hydrogen-bond acceptors (Lipinski definition) is 4. The summed E-state index contributed by atoms with van der Waals surface area (Å²) in [5.41, 5.74) is 0. The van der Waals surface area contributed by atoms with Gasteiger partial charge in [0.1, 0.15) is 0 Å². The zero-order valence-corrected chi connectivity index (χ0v) is 9.02. The summed E-state index contributed by atoms with van der Waals surface area (Å²) in [7, 11) is 1.46. The fourth-order valence-electron chi connectivity index (χ4n) is 0.685. The van der Waals surface area contributed by atoms with Crippen LogP contribution in [-0.4, -0.2) is 42.2 Å². The molecular formula is C8H16N2O3S. The lowest BCUT2D eigenvalue weighted by Gasteiger charge is -2.02. The van der Waals surface area contributed by atoms with Gasteiger partial charge in [-0.1, -0.05) is 0 Å². The van der Waals surface area contributed by atoms with Gasteiger partial charge in [0, 0.05) is 25.8 Å². The van der Waals surface area contributed by atoms with Crippen LogP contribution in [0.25, 0.3) is 0 Å². The molecule has 3 amide bonds. The number of hydrogen-bond donors (Lipinski definition) is 3. The van der Waals surface area contributed by atoms with Crippen LogP contribution in [0.2, 0.25) is 0 Å². The lowest BCUT2D eigenvalue weighted by Crippen LogP contribution is -2.37. The average molecular weight is 220 g/mol. The molecule has 3 N–H and O–H groups in total. The molecule has 0 aliphatic rings. The molecule has 0 aromatic carbocycles. The molecule has 82 valence electrons. The monoisotopic (exact) mass is 220 g/mol. The molecule has 0 saturated carbocycles. The number of carbonyl (C=O) groups is 2. The van der Waals surface area contributed by atoms with Gasteiger partial charge in [0.2, 0.25) is 5.91 Å². The number of carbonyl (C=O) groups excluding carboxylic acids is 2. The zero-order valence-electron chi connectivity index (χ0n) is 8.21. The summed E-state index contributed by atoms with van der Waals surface area (Å²) in [5, 5.41) is 12.9. The van der Waals surface area contributed by atoms with Crippen molar-refractivity contribution in [3.63, 3.8) is 0 Å². The normalized spacial score (nSPS) is 9.57. The predicted octanol–water partition coefficient (Wildman–Crippen LogP) is -0.0523. The van der Waals surface area contributed by atoms with Gasteiger partial charge in [0.05, 0.1) is 0 Å². The molecule has 0 bridgehead atoms. The molecule has 6 heteroatoms. The summed E-state index contributed by atoms with van der Waals surface area (Å²) in [4.78, 5) is 21.7. The van der Waals surface area contributed by atoms with Gasteiger partial charge in [0.15, 0.2) is 0 Å². The quantitative estimate of drug-likeness (QED) is 0.548. The zero-order chi connectivity index (χ0) is 10.8. The lowest BCUT2D eigenvalue weighted by atomic mass is 10.4. The van der Waals surface area contributed by atoms with E-state index in [-0.39, 0.29) is 12.5 Å². The second kappa shape index (κ2) is 8.83. The number of nitrogens with one attached hydrogen (secondary N) is 2. The van der Waals surface area contributed by atoms with Crippen molar-refractivity contribution in [1.29, 1.82) is 0 Å². The van der Waals surface area contributed by atoms with Crippen LogP contribution in [0.1, 0.15) is 12.8 Å². The maximum absolute atomic E-state index is 11.0. The summed E-state index contributed by atoms with van der Waals surface area (Å²) in [6.07, 6.45) is 1.06. The molecule has 0 aliphatic heterocycles. The molecule has 0 spiro atoms. The third-order valence-corrected chi connectivity index (χ3v) is 2.47. The van der Waals surface area contributed by atoms with E-state index in [9.17, 15) is 9.59 Å². The molecule has 0 heterocycles. The van der Waals surface area contributed by atoms with Crippen molar-refractivity contribution in [1.82, 2.24) is 10.6 Å². The number of imide groups is 1. The highest BCUT2D eigenvalue weighted by Gasteiger charge is 2.04. The highest BCUT2D eigenvalue weighted by atomic mass is 32.2. The van der Waals surface area contributed by atoms with E-state index in [4.69, 9.17) is 5.11 Å². The van der Waals surface area contributed by atoms with Gasteiger partial charge < -0.3 is 10.4 Å². The van der Waals surface area contributed by atoms with E-state index in [1.54, 1.807) is 11.8 Å². The van der Waals surface area contributed by atoms with Crippen molar-refractivity contribution in [2.24, 2.45) is 0 Å². The van der Waals surface area contributed by atoms with E-state index >= 15 is 0 Å². The van der Waals surface area contributed by atoms with Gasteiger partial charge in [-0.05, 0) is 12.2 Å². The maximum atomic E-state index is 11.0. The summed E-state index contributed by atoms with van der Waals surface area (Å²) in [6.45, 7) is 0.178. The van der Waals surface area contributed by atoms with Crippen LogP contribution in [0.3, 0.4) is 0 Å². The molecule has 0 atom stereocenters. The third-order valence-electron chi connectivity index (χ3n) is 1.40. The van der Waals surface area contributed by atoms with Crippen LogP contribution in [0.5, 0.6) is 0 Å². The van der Waals surface area contributed by atoms with Crippen molar-refractivity contribution in [2.45, 2.75) is 12.8 Å². The Morgan fingerprint density at radius 2 is 2.07 bits per heavy atom. The first-order valence-electron chi connectivity index (χ1n) is 4.41. The van der Waals surface area contributed by atoms with Gasteiger partial charge in [-0.15, -0.1) is 0 Å². The Kier molecular flexibility index (Phi) is 8.36. The van der Waals surface area contributed by atoms with Gasteiger partial charge in [-0.2, -0.15) is 11.8 Å². The second-order valence-electron chi connectivity index (χ2n) is 2.57. The first kappa shape index (κ1) is 13.2. The van der Waals surface area contributed by atoms with Gasteiger partial charge >= 0.3 is 6.03 Å². The molecule has 0 aromatic rings. The highest BCUT2D eigenvalue weighted by Crippen LogP contribution is 2.03. The standard InChI is InChI=1S/C8H16N2O3S/c1-9-8(13)10-7(12)3-6-14-5-2-4-11/h11H,2-6H2,1H3,(H2,9,10,12,13). The van der Waals surface area contributed by atoms with Crippen molar-refractivity contribution >= 4 is 23.7 Å². The largest absolute Gasteiger partial charge is 0.396 e. The van der Waals surface area contributed by atoms with Gasteiger partial charge in [-0.3, -0.25) is 10.1 Å². The lowest BCUT2D eigenvalue weighted by molar-refractivity contribution is -0.119. The van der Waals surface area contributed by atoms with E-state index in [1.807, 2.05) is 0 Å². The van der Waals surface area contributed by atoms with Crippen LogP contribution in [-0.2, 0) is 4.79 Å². The molecule has 14 heavy (non-hydrogen) atoms. The Morgan fingerprint density at radius 1 is 1.36 bits per heavy atom. The Morgan fingerprint density at radius 3 is 2.64 bits per heavy atom. The van der Waals surface area contributed by atoms with Gasteiger partial charge in [-0.25, -0.2) is 4.79 Å². The Labute approximate surface area is 87.6 Å². The third kappa shape index (κ3) is 7.88. The van der Waals surface area contributed by atoms with Crippen molar-refractivity contribution in [3.05, 3.63) is 0 Å². The van der Waals surface area contributed by atoms with Crippen molar-refractivity contribution in [2.75, 3.05) is 25.2 Å². The van der Waals surface area contributed by atoms with Crippen molar-refractivity contribution < 1.29 is 14.7 Å². The van der Waals surface area contributed by atoms with E-state index in [2.05, 4.69) is 10.6 Å². The van der Waals surface area contributed by atoms with E-state index < -0.39 is 6.03 Å². The number of aliphatic hydroxyl groups is 1. The molecule has 0 radical (unpaired) electrons. The summed E-state index contributed by atoms with van der Waals surface area (Å²) < 4.78 is 0. The molecule has 0 aliphatic carbocycles. The highest BCUT2D eigenvalue weighted by molar-refractivity contribution is 7.99. The minimum atomic E-state index is -0.477. The number of amides is 3. The number of thioether (sulfide) groups is 1. The first-order chi connectivity index (χ1) is 6.70. The number of urea groups is 1. The SMILES string of the molecule is CNC(=O)NC(=O)CCSCCCO. The predicted molar refractivity (Wildman–Crippen MR) is 56.2 cm³/mol. The summed E-state index contributed by atoms with van der Waals surface area (Å²) >= 11 is 1.59. The summed E-state index contributed by atoms with van der Waals surface area (Å²) in [6, 6.07) is -0.477. The van der Waals surface area contributed by atoms with Crippen LogP contribution >= 0.6 is 11.8 Å². The summed E-state index contributed by atoms with van der Waals surface area (Å²) in [5.74, 6) is 1.23. The van der Waals surface area contributed by atoms with Crippen LogP contribution in [0.4, 0.5) is 4.79 Å². The number of aliphatic hydroxyl groups excluding tert-OH is 1. The minimum absolute atomic E-state index is 0.178. The van der Waals surface area contributed by atoms with Crippen molar-refractivity contribution in [3.8, 4) is 0 Å². The van der Waals surface area contributed by atoms with Gasteiger partial charge in [0.25, 0.3) is 0 Å². The molecule has 0 rings (SSSR count). The topological polar surface area (TPSA) is 78.4 Å². The van der Waals surface area contributed by atoms with E-state index in [0.717, 1.165) is 12.2 Å². The smallest absolute Gasteiger partial charge is 0.321 e. The molecule has 5 nitrogen and oxygen atoms in total. The fourth-order valence-corrected chi connectivity index (χ4v) is 1.55. The van der Waals surface area contributed by atoms with E-state index in [0.29, 0.717) is 12.2 Å². The van der Waals surface area contributed by atoms with Crippen LogP contribution < -0.4 is 10.6 Å². The molecule has 0 aromatic heterocycles. The average Bonchev–Trinajstić information content (AvgIpc) is 2.17. The molecular weight excluding hydrogens is 204 g/mol. The molecule has 0 fully saturated rings. The number of rotatable bonds is 6.